The average Bonchev–Trinajstić information content (AvgIpc) is 3.09. The monoisotopic (exact) mass is 360 g/mol. The van der Waals surface area contributed by atoms with Gasteiger partial charge in [-0.15, -0.1) is 0 Å². The predicted molar refractivity (Wildman–Crippen MR) is 99.3 cm³/mol. The van der Waals surface area contributed by atoms with Crippen molar-refractivity contribution in [2.75, 3.05) is 21.0 Å². The largest absolute Gasteiger partial charge is 0.496 e. The number of hydrogen-bond donors (Lipinski definition) is 0. The highest BCUT2D eigenvalue weighted by atomic mass is 35.5. The molecule has 0 spiro atoms. The molecule has 124 valence electrons. The van der Waals surface area contributed by atoms with Gasteiger partial charge in [0.25, 0.3) is 0 Å². The van der Waals surface area contributed by atoms with Crippen LogP contribution in [-0.4, -0.2) is 21.0 Å². The summed E-state index contributed by atoms with van der Waals surface area (Å²) in [6, 6.07) is 13.7. The topological polar surface area (TPSA) is 27.7 Å². The highest BCUT2D eigenvalue weighted by molar-refractivity contribution is 7.08. The highest BCUT2D eigenvalue weighted by Crippen LogP contribution is 2.40. The van der Waals surface area contributed by atoms with Gasteiger partial charge in [0, 0.05) is 28.8 Å². The summed E-state index contributed by atoms with van der Waals surface area (Å²) >= 11 is 7.73. The third-order valence-electron chi connectivity index (χ3n) is 3.62. The normalized spacial score (nSPS) is 10.6. The zero-order valence-corrected chi connectivity index (χ0v) is 15.0. The molecular formula is C19H17ClO3S. The zero-order chi connectivity index (χ0) is 16.9. The van der Waals surface area contributed by atoms with Crippen LogP contribution in [0.1, 0.15) is 0 Å². The molecule has 0 fully saturated rings. The van der Waals surface area contributed by atoms with E-state index in [1.807, 2.05) is 42.5 Å². The van der Waals surface area contributed by atoms with Gasteiger partial charge in [-0.05, 0) is 46.7 Å². The summed E-state index contributed by atoms with van der Waals surface area (Å²) in [5, 5.41) is 4.91. The van der Waals surface area contributed by atoms with Gasteiger partial charge in [-0.25, -0.2) is 0 Å². The van der Waals surface area contributed by atoms with Crippen molar-refractivity contribution in [2.45, 2.75) is 0 Å². The van der Waals surface area contributed by atoms with Crippen LogP contribution in [0.4, 0.5) is 0 Å². The number of benzene rings is 2. The third-order valence-corrected chi connectivity index (χ3v) is 4.60. The Hall–Kier alpha value is -2.01. The van der Waals surface area contributed by atoms with Gasteiger partial charge in [0.15, 0.2) is 6.79 Å². The molecule has 0 saturated heterocycles. The fourth-order valence-corrected chi connectivity index (χ4v) is 3.49. The second kappa shape index (κ2) is 7.71. The van der Waals surface area contributed by atoms with Crippen molar-refractivity contribution in [3.05, 3.63) is 58.2 Å². The van der Waals surface area contributed by atoms with Gasteiger partial charge in [-0.2, -0.15) is 11.3 Å². The number of ether oxygens (including phenoxy) is 3. The molecule has 1 heterocycles. The third kappa shape index (κ3) is 3.56. The molecule has 5 heteroatoms. The maximum Gasteiger partial charge on any atom is 0.188 e. The van der Waals surface area contributed by atoms with Crippen molar-refractivity contribution >= 4 is 22.9 Å². The molecule has 0 radical (unpaired) electrons. The predicted octanol–water partition coefficient (Wildman–Crippen LogP) is 5.73. The lowest BCUT2D eigenvalue weighted by molar-refractivity contribution is 0.0511. The second-order valence-electron chi connectivity index (χ2n) is 5.12. The molecule has 0 aliphatic rings. The first-order valence-electron chi connectivity index (χ1n) is 7.35. The fraction of sp³-hybridized carbons (Fsp3) is 0.158. The Morgan fingerprint density at radius 3 is 2.38 bits per heavy atom. The number of rotatable bonds is 6. The van der Waals surface area contributed by atoms with Gasteiger partial charge < -0.3 is 14.2 Å². The minimum atomic E-state index is 0.241. The van der Waals surface area contributed by atoms with Gasteiger partial charge in [0.1, 0.15) is 11.5 Å². The van der Waals surface area contributed by atoms with Crippen molar-refractivity contribution < 1.29 is 14.2 Å². The smallest absolute Gasteiger partial charge is 0.188 e. The minimum Gasteiger partial charge on any atom is -0.496 e. The molecule has 0 aliphatic heterocycles. The van der Waals surface area contributed by atoms with Crippen LogP contribution in [0, 0.1) is 0 Å². The van der Waals surface area contributed by atoms with E-state index in [9.17, 15) is 0 Å². The molecule has 1 aromatic heterocycles. The van der Waals surface area contributed by atoms with E-state index in [-0.39, 0.29) is 6.79 Å². The molecule has 0 atom stereocenters. The number of hydrogen-bond acceptors (Lipinski definition) is 4. The summed E-state index contributed by atoms with van der Waals surface area (Å²) in [5.74, 6) is 1.55. The van der Waals surface area contributed by atoms with E-state index in [2.05, 4.69) is 10.8 Å². The van der Waals surface area contributed by atoms with E-state index >= 15 is 0 Å². The molecule has 24 heavy (non-hydrogen) atoms. The van der Waals surface area contributed by atoms with Gasteiger partial charge in [0.2, 0.25) is 0 Å². The molecule has 3 nitrogen and oxygen atoms in total. The van der Waals surface area contributed by atoms with Crippen LogP contribution < -0.4 is 9.47 Å². The highest BCUT2D eigenvalue weighted by Gasteiger charge is 2.13. The molecule has 3 aromatic rings. The number of methoxy groups -OCH3 is 2. The number of halogens is 1. The fourth-order valence-electron chi connectivity index (χ4n) is 2.47. The molecular weight excluding hydrogens is 344 g/mol. The summed E-state index contributed by atoms with van der Waals surface area (Å²) in [7, 11) is 3.26. The van der Waals surface area contributed by atoms with Crippen LogP contribution in [0.5, 0.6) is 11.5 Å². The molecule has 0 saturated carbocycles. The second-order valence-corrected chi connectivity index (χ2v) is 6.30. The summed E-state index contributed by atoms with van der Waals surface area (Å²) < 4.78 is 15.8. The Kier molecular flexibility index (Phi) is 5.41. The quantitative estimate of drug-likeness (QED) is 0.525. The van der Waals surface area contributed by atoms with Crippen LogP contribution >= 0.6 is 22.9 Å². The number of thiophene rings is 1. The first-order valence-corrected chi connectivity index (χ1v) is 8.67. The van der Waals surface area contributed by atoms with Gasteiger partial charge in [-0.1, -0.05) is 23.7 Å². The summed E-state index contributed by atoms with van der Waals surface area (Å²) in [4.78, 5) is 0. The van der Waals surface area contributed by atoms with Crippen molar-refractivity contribution in [3.8, 4) is 33.8 Å². The molecule has 0 aliphatic carbocycles. The Balaban J connectivity index is 1.96. The van der Waals surface area contributed by atoms with Gasteiger partial charge >= 0.3 is 0 Å². The first-order chi connectivity index (χ1) is 11.7. The molecule has 0 unspecified atom stereocenters. The maximum absolute atomic E-state index is 6.07. The Bertz CT molecular complexity index is 812. The molecule has 0 bridgehead atoms. The lowest BCUT2D eigenvalue weighted by Gasteiger charge is -2.11. The Morgan fingerprint density at radius 1 is 0.917 bits per heavy atom. The van der Waals surface area contributed by atoms with Crippen LogP contribution in [0.25, 0.3) is 22.3 Å². The average molecular weight is 361 g/mol. The minimum absolute atomic E-state index is 0.241. The van der Waals surface area contributed by atoms with Crippen LogP contribution in [-0.2, 0) is 4.74 Å². The van der Waals surface area contributed by atoms with E-state index in [0.717, 1.165) is 33.8 Å². The summed E-state index contributed by atoms with van der Waals surface area (Å²) in [5.41, 5.74) is 4.42. The van der Waals surface area contributed by atoms with E-state index in [0.29, 0.717) is 5.02 Å². The lowest BCUT2D eigenvalue weighted by Crippen LogP contribution is -1.98. The van der Waals surface area contributed by atoms with E-state index in [1.165, 1.54) is 0 Å². The Morgan fingerprint density at radius 2 is 1.67 bits per heavy atom. The molecule has 0 N–H and O–H groups in total. The van der Waals surface area contributed by atoms with Gasteiger partial charge in [-0.3, -0.25) is 0 Å². The SMILES string of the molecule is COCOc1ccc(-c2cscc2-c2ccc(Cl)cc2OC)cc1. The molecule has 0 amide bonds. The van der Waals surface area contributed by atoms with Crippen molar-refractivity contribution in [1.29, 1.82) is 0 Å². The maximum atomic E-state index is 6.07. The van der Waals surface area contributed by atoms with Crippen LogP contribution in [0.2, 0.25) is 5.02 Å². The zero-order valence-electron chi connectivity index (χ0n) is 13.4. The van der Waals surface area contributed by atoms with Crippen molar-refractivity contribution in [3.63, 3.8) is 0 Å². The standard InChI is InChI=1S/C19H17ClO3S/c1-21-12-23-15-6-3-13(4-7-15)17-10-24-11-18(17)16-8-5-14(20)9-19(16)22-2/h3-11H,12H2,1-2H3. The van der Waals surface area contributed by atoms with Crippen LogP contribution in [0.3, 0.4) is 0 Å². The Labute approximate surface area is 150 Å². The van der Waals surface area contributed by atoms with Crippen molar-refractivity contribution in [1.82, 2.24) is 0 Å². The lowest BCUT2D eigenvalue weighted by atomic mass is 9.98. The first kappa shape index (κ1) is 16.8. The van der Waals surface area contributed by atoms with Crippen LogP contribution in [0.15, 0.2) is 53.2 Å². The van der Waals surface area contributed by atoms with E-state index in [1.54, 1.807) is 25.6 Å². The summed E-state index contributed by atoms with van der Waals surface area (Å²) in [6.07, 6.45) is 0. The van der Waals surface area contributed by atoms with Gasteiger partial charge in [0.05, 0.1) is 7.11 Å². The molecule has 3 rings (SSSR count). The molecule has 2 aromatic carbocycles. The van der Waals surface area contributed by atoms with Crippen molar-refractivity contribution in [2.24, 2.45) is 0 Å². The van der Waals surface area contributed by atoms with E-state index in [4.69, 9.17) is 25.8 Å². The summed E-state index contributed by atoms with van der Waals surface area (Å²) in [6.45, 7) is 0.241. The van der Waals surface area contributed by atoms with E-state index < -0.39 is 0 Å².